The van der Waals surface area contributed by atoms with E-state index < -0.39 is 5.97 Å². The number of carboxylic acids is 1. The summed E-state index contributed by atoms with van der Waals surface area (Å²) in [7, 11) is 0. The molecule has 2 rings (SSSR count). The molecular formula is C11H12N4O3. The first kappa shape index (κ1) is 11.8. The minimum absolute atomic E-state index is 0.0563. The van der Waals surface area contributed by atoms with Gasteiger partial charge in [-0.3, -0.25) is 4.79 Å². The Morgan fingerprint density at radius 3 is 2.72 bits per heavy atom. The lowest BCUT2D eigenvalue weighted by atomic mass is 10.2. The van der Waals surface area contributed by atoms with Gasteiger partial charge in [-0.2, -0.15) is 0 Å². The minimum atomic E-state index is -1.04. The lowest BCUT2D eigenvalue weighted by Crippen LogP contribution is -2.06. The summed E-state index contributed by atoms with van der Waals surface area (Å²) in [5.74, 6) is -0.761. The first-order valence-electron chi connectivity index (χ1n) is 5.13. The van der Waals surface area contributed by atoms with E-state index in [1.54, 1.807) is 12.1 Å². The van der Waals surface area contributed by atoms with Crippen LogP contribution in [0.5, 0.6) is 5.75 Å². The van der Waals surface area contributed by atoms with E-state index in [0.29, 0.717) is 5.69 Å². The van der Waals surface area contributed by atoms with Crippen molar-refractivity contribution in [3.8, 4) is 11.4 Å². The number of anilines is 2. The van der Waals surface area contributed by atoms with E-state index in [2.05, 4.69) is 5.10 Å². The Morgan fingerprint density at radius 2 is 2.11 bits per heavy atom. The third kappa shape index (κ3) is 2.05. The number of carboxylic acid groups (broad SMARTS) is 1. The van der Waals surface area contributed by atoms with Crippen molar-refractivity contribution >= 4 is 17.6 Å². The summed E-state index contributed by atoms with van der Waals surface area (Å²) in [5, 5.41) is 22.1. The zero-order valence-electron chi connectivity index (χ0n) is 9.37. The summed E-state index contributed by atoms with van der Waals surface area (Å²) in [4.78, 5) is 10.7. The molecule has 18 heavy (non-hydrogen) atoms. The molecule has 1 aromatic carbocycles. The van der Waals surface area contributed by atoms with E-state index in [-0.39, 0.29) is 29.4 Å². The first-order valence-corrected chi connectivity index (χ1v) is 5.13. The van der Waals surface area contributed by atoms with Gasteiger partial charge in [0.2, 0.25) is 0 Å². The second-order valence-electron chi connectivity index (χ2n) is 3.75. The molecule has 2 aromatic rings. The molecular weight excluding hydrogens is 236 g/mol. The highest BCUT2D eigenvalue weighted by molar-refractivity contribution is 5.75. The summed E-state index contributed by atoms with van der Waals surface area (Å²) < 4.78 is 1.30. The van der Waals surface area contributed by atoms with Gasteiger partial charge in [0.25, 0.3) is 0 Å². The van der Waals surface area contributed by atoms with E-state index in [9.17, 15) is 9.90 Å². The topological polar surface area (TPSA) is 127 Å². The Labute approximate surface area is 102 Å². The van der Waals surface area contributed by atoms with Gasteiger partial charge in [0.15, 0.2) is 5.82 Å². The fourth-order valence-electron chi connectivity index (χ4n) is 1.63. The minimum Gasteiger partial charge on any atom is -0.508 e. The molecule has 0 aliphatic carbocycles. The van der Waals surface area contributed by atoms with E-state index >= 15 is 0 Å². The second-order valence-corrected chi connectivity index (χ2v) is 3.75. The maximum Gasteiger partial charge on any atom is 0.308 e. The number of hydrogen-bond acceptors (Lipinski definition) is 5. The van der Waals surface area contributed by atoms with Crippen LogP contribution >= 0.6 is 0 Å². The number of hydrogen-bond donors (Lipinski definition) is 4. The van der Waals surface area contributed by atoms with Gasteiger partial charge < -0.3 is 21.7 Å². The molecule has 1 aromatic heterocycles. The highest BCUT2D eigenvalue weighted by atomic mass is 16.4. The van der Waals surface area contributed by atoms with Gasteiger partial charge in [-0.25, -0.2) is 4.68 Å². The number of nitrogens with zero attached hydrogens (tertiary/aromatic N) is 2. The van der Waals surface area contributed by atoms with Gasteiger partial charge >= 0.3 is 5.97 Å². The zero-order valence-corrected chi connectivity index (χ0v) is 9.37. The molecule has 0 spiro atoms. The van der Waals surface area contributed by atoms with Gasteiger partial charge in [-0.1, -0.05) is 6.07 Å². The van der Waals surface area contributed by atoms with Crippen LogP contribution in [0.25, 0.3) is 5.69 Å². The normalized spacial score (nSPS) is 10.4. The summed E-state index contributed by atoms with van der Waals surface area (Å²) in [6.45, 7) is 0. The molecule has 6 N–H and O–H groups in total. The van der Waals surface area contributed by atoms with Crippen LogP contribution in [0.4, 0.5) is 11.6 Å². The molecule has 0 saturated carbocycles. The molecule has 0 aliphatic heterocycles. The molecule has 0 fully saturated rings. The summed E-state index contributed by atoms with van der Waals surface area (Å²) in [6, 6.07) is 6.25. The zero-order chi connectivity index (χ0) is 13.3. The number of aromatic nitrogens is 2. The molecule has 0 saturated heterocycles. The van der Waals surface area contributed by atoms with Crippen molar-refractivity contribution in [2.24, 2.45) is 0 Å². The van der Waals surface area contributed by atoms with Gasteiger partial charge in [0.05, 0.1) is 12.1 Å². The lowest BCUT2D eigenvalue weighted by Gasteiger charge is -2.04. The fourth-order valence-corrected chi connectivity index (χ4v) is 1.63. The molecule has 0 atom stereocenters. The quantitative estimate of drug-likeness (QED) is 0.621. The van der Waals surface area contributed by atoms with Gasteiger partial charge in [-0.15, -0.1) is 5.10 Å². The summed E-state index contributed by atoms with van der Waals surface area (Å²) in [6.07, 6.45) is -0.295. The average Bonchev–Trinajstić information content (AvgIpc) is 2.56. The fraction of sp³-hybridized carbons (Fsp3) is 0.0909. The summed E-state index contributed by atoms with van der Waals surface area (Å²) in [5.41, 5.74) is 12.2. The molecule has 0 amide bonds. The van der Waals surface area contributed by atoms with Crippen molar-refractivity contribution in [2.45, 2.75) is 6.42 Å². The Bertz CT molecular complexity index is 606. The Kier molecular flexibility index (Phi) is 2.80. The summed E-state index contributed by atoms with van der Waals surface area (Å²) >= 11 is 0. The number of phenolic OH excluding ortho intramolecular Hbond substituents is 1. The monoisotopic (exact) mass is 248 g/mol. The van der Waals surface area contributed by atoms with Crippen molar-refractivity contribution in [1.29, 1.82) is 0 Å². The highest BCUT2D eigenvalue weighted by Crippen LogP contribution is 2.24. The molecule has 7 nitrogen and oxygen atoms in total. The van der Waals surface area contributed by atoms with Crippen molar-refractivity contribution in [1.82, 2.24) is 9.78 Å². The van der Waals surface area contributed by atoms with E-state index in [1.165, 1.54) is 16.8 Å². The van der Waals surface area contributed by atoms with Crippen LogP contribution in [0, 0.1) is 0 Å². The number of carbonyl (C=O) groups is 1. The van der Waals surface area contributed by atoms with Crippen LogP contribution in [0.2, 0.25) is 0 Å². The van der Waals surface area contributed by atoms with Crippen molar-refractivity contribution < 1.29 is 15.0 Å². The average molecular weight is 248 g/mol. The molecule has 0 unspecified atom stereocenters. The molecule has 0 aliphatic rings. The number of aliphatic carboxylic acids is 1. The number of nitrogens with two attached hydrogens (primary N) is 2. The molecule has 94 valence electrons. The van der Waals surface area contributed by atoms with Crippen molar-refractivity contribution in [2.75, 3.05) is 11.5 Å². The SMILES string of the molecule is Nc1nn(-c2cccc(O)c2)c(N)c1CC(=O)O. The maximum atomic E-state index is 10.7. The Morgan fingerprint density at radius 1 is 1.39 bits per heavy atom. The largest absolute Gasteiger partial charge is 0.508 e. The molecule has 1 heterocycles. The molecule has 7 heteroatoms. The maximum absolute atomic E-state index is 10.7. The smallest absolute Gasteiger partial charge is 0.308 e. The van der Waals surface area contributed by atoms with E-state index in [0.717, 1.165) is 0 Å². The molecule has 0 bridgehead atoms. The van der Waals surface area contributed by atoms with Crippen LogP contribution in [0.3, 0.4) is 0 Å². The van der Waals surface area contributed by atoms with Gasteiger partial charge in [-0.05, 0) is 12.1 Å². The van der Waals surface area contributed by atoms with Crippen LogP contribution in [-0.2, 0) is 11.2 Å². The third-order valence-electron chi connectivity index (χ3n) is 2.46. The van der Waals surface area contributed by atoms with Crippen LogP contribution < -0.4 is 11.5 Å². The van der Waals surface area contributed by atoms with Crippen molar-refractivity contribution in [3.63, 3.8) is 0 Å². The molecule has 0 radical (unpaired) electrons. The van der Waals surface area contributed by atoms with Gasteiger partial charge in [0.1, 0.15) is 11.6 Å². The van der Waals surface area contributed by atoms with Crippen molar-refractivity contribution in [3.05, 3.63) is 29.8 Å². The Balaban J connectivity index is 2.50. The van der Waals surface area contributed by atoms with Gasteiger partial charge in [0, 0.05) is 11.6 Å². The Hall–Kier alpha value is -2.70. The number of rotatable bonds is 3. The van der Waals surface area contributed by atoms with E-state index in [4.69, 9.17) is 16.6 Å². The van der Waals surface area contributed by atoms with E-state index in [1.807, 2.05) is 0 Å². The number of phenols is 1. The predicted molar refractivity (Wildman–Crippen MR) is 65.4 cm³/mol. The number of benzene rings is 1. The standard InChI is InChI=1S/C11H12N4O3/c12-10-8(5-9(17)18)11(13)15(14-10)6-2-1-3-7(16)4-6/h1-4,16H,5,13H2,(H2,12,14)(H,17,18). The van der Waals surface area contributed by atoms with Crippen LogP contribution in [0.1, 0.15) is 5.56 Å². The second kappa shape index (κ2) is 4.28. The highest BCUT2D eigenvalue weighted by Gasteiger charge is 2.17. The first-order chi connectivity index (χ1) is 8.49. The number of aromatic hydroxyl groups is 1. The predicted octanol–water partition coefficient (Wildman–Crippen LogP) is 0.369. The third-order valence-corrected chi connectivity index (χ3v) is 2.46. The number of nitrogen functional groups attached to an aromatic ring is 2. The van der Waals surface area contributed by atoms with Crippen LogP contribution in [0.15, 0.2) is 24.3 Å². The van der Waals surface area contributed by atoms with Crippen LogP contribution in [-0.4, -0.2) is 26.0 Å². The lowest BCUT2D eigenvalue weighted by molar-refractivity contribution is -0.136.